The Hall–Kier alpha value is -2.48. The number of carbonyl (C=O) groups is 2. The topological polar surface area (TPSA) is 122 Å². The predicted octanol–water partition coefficient (Wildman–Crippen LogP) is 1.90. The maximum absolute atomic E-state index is 11.9. The lowest BCUT2D eigenvalue weighted by atomic mass is 9.85. The third-order valence-electron chi connectivity index (χ3n) is 4.47. The Bertz CT molecular complexity index is 656. The number of amides is 2. The third-order valence-corrected chi connectivity index (χ3v) is 4.47. The highest BCUT2D eigenvalue weighted by Gasteiger charge is 2.24. The molecule has 8 nitrogen and oxygen atoms in total. The number of aryl methyl sites for hydroxylation is 1. The standard InChI is InChI=1S/C17H23N3O5/c1-11-7-8-13(14(9-11)20(24)25)19-17(23)16(22)18-10-15(21)12-5-3-2-4-6-12/h7-9,12,15,21H,2-6,10H2,1H3,(H,18,22)(H,19,23). The first-order valence-corrected chi connectivity index (χ1v) is 8.40. The number of nitrogens with zero attached hydrogens (tertiary/aromatic N) is 1. The highest BCUT2D eigenvalue weighted by molar-refractivity contribution is 6.39. The van der Waals surface area contributed by atoms with Crippen molar-refractivity contribution in [3.63, 3.8) is 0 Å². The van der Waals surface area contributed by atoms with Crippen LogP contribution in [-0.2, 0) is 9.59 Å². The van der Waals surface area contributed by atoms with Crippen LogP contribution in [0.15, 0.2) is 18.2 Å². The van der Waals surface area contributed by atoms with E-state index in [1.807, 2.05) is 0 Å². The summed E-state index contributed by atoms with van der Waals surface area (Å²) in [5.74, 6) is -1.79. The van der Waals surface area contributed by atoms with Gasteiger partial charge in [-0.05, 0) is 37.3 Å². The molecule has 3 N–H and O–H groups in total. The van der Waals surface area contributed by atoms with Gasteiger partial charge in [0.25, 0.3) is 5.69 Å². The summed E-state index contributed by atoms with van der Waals surface area (Å²) in [5.41, 5.74) is 0.358. The molecule has 1 aromatic carbocycles. The molecule has 0 aromatic heterocycles. The summed E-state index contributed by atoms with van der Waals surface area (Å²) in [5, 5.41) is 25.8. The zero-order valence-corrected chi connectivity index (χ0v) is 14.2. The minimum absolute atomic E-state index is 0.00703. The smallest absolute Gasteiger partial charge is 0.313 e. The Morgan fingerprint density at radius 2 is 1.96 bits per heavy atom. The van der Waals surface area contributed by atoms with Crippen LogP contribution in [0.3, 0.4) is 0 Å². The lowest BCUT2D eigenvalue weighted by molar-refractivity contribution is -0.384. The molecule has 0 spiro atoms. The number of benzene rings is 1. The van der Waals surface area contributed by atoms with Crippen LogP contribution >= 0.6 is 0 Å². The molecule has 0 saturated heterocycles. The summed E-state index contributed by atoms with van der Waals surface area (Å²) < 4.78 is 0. The van der Waals surface area contributed by atoms with Crippen molar-refractivity contribution in [3.8, 4) is 0 Å². The number of hydrogen-bond donors (Lipinski definition) is 3. The number of hydrogen-bond acceptors (Lipinski definition) is 5. The van der Waals surface area contributed by atoms with E-state index >= 15 is 0 Å². The zero-order valence-electron chi connectivity index (χ0n) is 14.2. The van der Waals surface area contributed by atoms with Crippen molar-refractivity contribution in [1.82, 2.24) is 5.32 Å². The lowest BCUT2D eigenvalue weighted by Gasteiger charge is -2.26. The minimum Gasteiger partial charge on any atom is -0.391 e. The first kappa shape index (κ1) is 18.9. The van der Waals surface area contributed by atoms with E-state index < -0.39 is 22.8 Å². The van der Waals surface area contributed by atoms with Gasteiger partial charge in [0.15, 0.2) is 0 Å². The average Bonchev–Trinajstić information content (AvgIpc) is 2.61. The number of rotatable bonds is 5. The Morgan fingerprint density at radius 1 is 1.28 bits per heavy atom. The molecule has 2 rings (SSSR count). The van der Waals surface area contributed by atoms with Crippen LogP contribution in [-0.4, -0.2) is 34.5 Å². The third kappa shape index (κ3) is 5.25. The summed E-state index contributed by atoms with van der Waals surface area (Å²) in [6, 6.07) is 4.31. The molecule has 1 aliphatic rings. The van der Waals surface area contributed by atoms with Crippen LogP contribution < -0.4 is 10.6 Å². The van der Waals surface area contributed by atoms with Gasteiger partial charge in [-0.3, -0.25) is 19.7 Å². The summed E-state index contributed by atoms with van der Waals surface area (Å²) >= 11 is 0. The quantitative estimate of drug-likeness (QED) is 0.426. The first-order valence-electron chi connectivity index (χ1n) is 8.40. The van der Waals surface area contributed by atoms with Crippen LogP contribution in [0.1, 0.15) is 37.7 Å². The van der Waals surface area contributed by atoms with E-state index in [2.05, 4.69) is 10.6 Å². The van der Waals surface area contributed by atoms with E-state index in [0.717, 1.165) is 32.1 Å². The van der Waals surface area contributed by atoms with Crippen molar-refractivity contribution in [2.45, 2.75) is 45.1 Å². The van der Waals surface area contributed by atoms with E-state index in [1.54, 1.807) is 13.0 Å². The highest BCUT2D eigenvalue weighted by atomic mass is 16.6. The summed E-state index contributed by atoms with van der Waals surface area (Å²) in [4.78, 5) is 34.2. The number of nitro groups is 1. The van der Waals surface area contributed by atoms with Crippen LogP contribution in [0.4, 0.5) is 11.4 Å². The van der Waals surface area contributed by atoms with Crippen LogP contribution in [0.25, 0.3) is 0 Å². The summed E-state index contributed by atoms with van der Waals surface area (Å²) in [6.07, 6.45) is 4.43. The Labute approximate surface area is 145 Å². The second kappa shape index (κ2) is 8.57. The number of aliphatic hydroxyl groups is 1. The first-order chi connectivity index (χ1) is 11.9. The van der Waals surface area contributed by atoms with Crippen molar-refractivity contribution < 1.29 is 19.6 Å². The molecule has 0 aliphatic heterocycles. The van der Waals surface area contributed by atoms with Gasteiger partial charge in [-0.15, -0.1) is 0 Å². The Kier molecular flexibility index (Phi) is 6.46. The van der Waals surface area contributed by atoms with Crippen molar-refractivity contribution in [2.75, 3.05) is 11.9 Å². The molecule has 2 amide bonds. The lowest BCUT2D eigenvalue weighted by Crippen LogP contribution is -2.42. The molecule has 1 aliphatic carbocycles. The van der Waals surface area contributed by atoms with E-state index in [9.17, 15) is 24.8 Å². The van der Waals surface area contributed by atoms with Crippen molar-refractivity contribution in [1.29, 1.82) is 0 Å². The molecular weight excluding hydrogens is 326 g/mol. The molecule has 1 saturated carbocycles. The monoisotopic (exact) mass is 349 g/mol. The molecule has 1 fully saturated rings. The summed E-state index contributed by atoms with van der Waals surface area (Å²) in [7, 11) is 0. The maximum atomic E-state index is 11.9. The van der Waals surface area contributed by atoms with E-state index in [1.165, 1.54) is 12.1 Å². The Morgan fingerprint density at radius 3 is 2.60 bits per heavy atom. The van der Waals surface area contributed by atoms with Gasteiger partial charge in [-0.25, -0.2) is 0 Å². The largest absolute Gasteiger partial charge is 0.391 e. The molecule has 1 atom stereocenters. The van der Waals surface area contributed by atoms with E-state index in [-0.39, 0.29) is 23.8 Å². The minimum atomic E-state index is -0.997. The number of nitro benzene ring substituents is 1. The van der Waals surface area contributed by atoms with E-state index in [4.69, 9.17) is 0 Å². The maximum Gasteiger partial charge on any atom is 0.313 e. The highest BCUT2D eigenvalue weighted by Crippen LogP contribution is 2.26. The fourth-order valence-corrected chi connectivity index (χ4v) is 3.04. The Balaban J connectivity index is 1.90. The van der Waals surface area contributed by atoms with Gasteiger partial charge >= 0.3 is 11.8 Å². The average molecular weight is 349 g/mol. The fraction of sp³-hybridized carbons (Fsp3) is 0.529. The van der Waals surface area contributed by atoms with Gasteiger partial charge < -0.3 is 15.7 Å². The summed E-state index contributed by atoms with van der Waals surface area (Å²) in [6.45, 7) is 1.69. The number of aliphatic hydroxyl groups excluding tert-OH is 1. The van der Waals surface area contributed by atoms with Gasteiger partial charge in [-0.2, -0.15) is 0 Å². The molecule has 0 bridgehead atoms. The van der Waals surface area contributed by atoms with Crippen molar-refractivity contribution in [3.05, 3.63) is 33.9 Å². The molecule has 0 radical (unpaired) electrons. The molecule has 0 heterocycles. The normalized spacial score (nSPS) is 16.1. The second-order valence-electron chi connectivity index (χ2n) is 6.41. The van der Waals surface area contributed by atoms with Gasteiger partial charge in [0.2, 0.25) is 0 Å². The van der Waals surface area contributed by atoms with Crippen molar-refractivity contribution in [2.24, 2.45) is 5.92 Å². The van der Waals surface area contributed by atoms with Crippen LogP contribution in [0.2, 0.25) is 0 Å². The number of anilines is 1. The van der Waals surface area contributed by atoms with E-state index in [0.29, 0.717) is 5.56 Å². The van der Waals surface area contributed by atoms with Crippen LogP contribution in [0, 0.1) is 23.0 Å². The number of nitrogens with one attached hydrogen (secondary N) is 2. The molecule has 8 heteroatoms. The zero-order chi connectivity index (χ0) is 18.4. The molecule has 1 aromatic rings. The molecule has 1 unspecified atom stereocenters. The SMILES string of the molecule is Cc1ccc(NC(=O)C(=O)NCC(O)C2CCCCC2)c([N+](=O)[O-])c1. The van der Waals surface area contributed by atoms with Gasteiger partial charge in [0, 0.05) is 12.6 Å². The second-order valence-corrected chi connectivity index (χ2v) is 6.41. The molecule has 25 heavy (non-hydrogen) atoms. The molecule has 136 valence electrons. The van der Waals surface area contributed by atoms with Gasteiger partial charge in [-0.1, -0.05) is 25.3 Å². The van der Waals surface area contributed by atoms with Gasteiger partial charge in [0.1, 0.15) is 5.69 Å². The fourth-order valence-electron chi connectivity index (χ4n) is 3.04. The number of carbonyl (C=O) groups excluding carboxylic acids is 2. The van der Waals surface area contributed by atoms with Crippen molar-refractivity contribution >= 4 is 23.2 Å². The predicted molar refractivity (Wildman–Crippen MR) is 92.1 cm³/mol. The molecular formula is C17H23N3O5. The van der Waals surface area contributed by atoms with Crippen LogP contribution in [0.5, 0.6) is 0 Å². The van der Waals surface area contributed by atoms with Gasteiger partial charge in [0.05, 0.1) is 11.0 Å².